The topological polar surface area (TPSA) is 83.6 Å². The van der Waals surface area contributed by atoms with Gasteiger partial charge in [0.05, 0.1) is 23.4 Å². The molecule has 0 spiro atoms. The second-order valence-electron chi connectivity index (χ2n) is 7.59. The number of benzene rings is 2. The number of amides is 2. The first-order valence-corrected chi connectivity index (χ1v) is 11.3. The molecule has 0 unspecified atom stereocenters. The average molecular weight is 439 g/mol. The zero-order valence-corrected chi connectivity index (χ0v) is 18.3. The van der Waals surface area contributed by atoms with Crippen molar-refractivity contribution in [3.05, 3.63) is 48.0 Å². The van der Waals surface area contributed by atoms with Crippen LogP contribution in [0.2, 0.25) is 0 Å². The molecule has 162 valence electrons. The second-order valence-corrected chi connectivity index (χ2v) is 8.62. The lowest BCUT2D eigenvalue weighted by molar-refractivity contribution is -0.136. The summed E-state index contributed by atoms with van der Waals surface area (Å²) in [6.07, 6.45) is 0.801. The molecule has 0 radical (unpaired) electrons. The van der Waals surface area contributed by atoms with E-state index >= 15 is 0 Å². The van der Waals surface area contributed by atoms with E-state index in [2.05, 4.69) is 39.6 Å². The molecule has 31 heavy (non-hydrogen) atoms. The molecule has 1 aromatic heterocycles. The second kappa shape index (κ2) is 10.00. The van der Waals surface area contributed by atoms with Gasteiger partial charge in [-0.3, -0.25) is 14.5 Å². The summed E-state index contributed by atoms with van der Waals surface area (Å²) < 4.78 is 6.47. The lowest BCUT2D eigenvalue weighted by Gasteiger charge is -2.26. The highest BCUT2D eigenvalue weighted by Crippen LogP contribution is 2.31. The molecule has 0 saturated carbocycles. The summed E-state index contributed by atoms with van der Waals surface area (Å²) in [5.41, 5.74) is 3.74. The fraction of sp³-hybridized carbons (Fsp3) is 0.348. The van der Waals surface area contributed by atoms with Gasteiger partial charge in [0.1, 0.15) is 5.01 Å². The molecule has 3 aromatic rings. The number of fused-ring (bicyclic) bond motifs is 1. The van der Waals surface area contributed by atoms with Gasteiger partial charge >= 0.3 is 11.8 Å². The number of anilines is 1. The SMILES string of the molecule is Cc1ccc2nc(-c3ccc(NC(=O)C(=O)NCCCN4CCOCC4)cc3)sc2c1. The van der Waals surface area contributed by atoms with Crippen molar-refractivity contribution in [2.24, 2.45) is 0 Å². The van der Waals surface area contributed by atoms with E-state index in [4.69, 9.17) is 4.74 Å². The molecule has 0 atom stereocenters. The third-order valence-corrected chi connectivity index (χ3v) is 6.25. The van der Waals surface area contributed by atoms with E-state index < -0.39 is 11.8 Å². The van der Waals surface area contributed by atoms with Crippen molar-refractivity contribution in [2.75, 3.05) is 44.7 Å². The highest BCUT2D eigenvalue weighted by Gasteiger charge is 2.14. The van der Waals surface area contributed by atoms with Crippen LogP contribution < -0.4 is 10.6 Å². The minimum absolute atomic E-state index is 0.472. The van der Waals surface area contributed by atoms with Crippen molar-refractivity contribution < 1.29 is 14.3 Å². The standard InChI is InChI=1S/C23H26N4O3S/c1-16-3-8-19-20(15-16)31-23(26-19)17-4-6-18(7-5-17)25-22(29)21(28)24-9-2-10-27-11-13-30-14-12-27/h3-8,15H,2,9-14H2,1H3,(H,24,28)(H,25,29). The van der Waals surface area contributed by atoms with Crippen LogP contribution in [0.25, 0.3) is 20.8 Å². The van der Waals surface area contributed by atoms with Gasteiger partial charge in [-0.2, -0.15) is 0 Å². The van der Waals surface area contributed by atoms with Crippen molar-refractivity contribution >= 4 is 39.1 Å². The number of aryl methyl sites for hydroxylation is 1. The molecule has 2 amide bonds. The predicted octanol–water partition coefficient (Wildman–Crippen LogP) is 3.05. The van der Waals surface area contributed by atoms with E-state index in [1.54, 1.807) is 23.5 Å². The summed E-state index contributed by atoms with van der Waals surface area (Å²) in [6.45, 7) is 6.77. The maximum absolute atomic E-state index is 12.2. The molecule has 0 aliphatic carbocycles. The number of aromatic nitrogens is 1. The lowest BCUT2D eigenvalue weighted by atomic mass is 10.2. The van der Waals surface area contributed by atoms with Crippen LogP contribution in [0.5, 0.6) is 0 Å². The van der Waals surface area contributed by atoms with Crippen molar-refractivity contribution in [1.29, 1.82) is 0 Å². The van der Waals surface area contributed by atoms with Gasteiger partial charge in [-0.25, -0.2) is 4.98 Å². The molecule has 1 aliphatic heterocycles. The first kappa shape index (κ1) is 21.4. The Morgan fingerprint density at radius 1 is 1.10 bits per heavy atom. The summed E-state index contributed by atoms with van der Waals surface area (Å²) in [4.78, 5) is 31.2. The van der Waals surface area contributed by atoms with E-state index in [1.165, 1.54) is 5.56 Å². The number of nitrogens with zero attached hydrogens (tertiary/aromatic N) is 2. The fourth-order valence-corrected chi connectivity index (χ4v) is 4.52. The highest BCUT2D eigenvalue weighted by molar-refractivity contribution is 7.21. The maximum atomic E-state index is 12.2. The molecular weight excluding hydrogens is 412 g/mol. The molecule has 2 aromatic carbocycles. The van der Waals surface area contributed by atoms with E-state index in [0.29, 0.717) is 12.2 Å². The highest BCUT2D eigenvalue weighted by atomic mass is 32.1. The van der Waals surface area contributed by atoms with Crippen LogP contribution in [0.1, 0.15) is 12.0 Å². The summed E-state index contributed by atoms with van der Waals surface area (Å²) in [6, 6.07) is 13.6. The molecule has 2 heterocycles. The van der Waals surface area contributed by atoms with Crippen LogP contribution in [-0.2, 0) is 14.3 Å². The Bertz CT molecular complexity index is 1060. The van der Waals surface area contributed by atoms with Crippen LogP contribution in [0.15, 0.2) is 42.5 Å². The molecule has 1 fully saturated rings. The number of morpholine rings is 1. The van der Waals surface area contributed by atoms with Gasteiger partial charge in [0, 0.05) is 30.9 Å². The third kappa shape index (κ3) is 5.66. The minimum Gasteiger partial charge on any atom is -0.379 e. The van der Waals surface area contributed by atoms with Crippen LogP contribution in [0.3, 0.4) is 0 Å². The molecule has 0 bridgehead atoms. The number of nitrogens with one attached hydrogen (secondary N) is 2. The van der Waals surface area contributed by atoms with E-state index in [9.17, 15) is 9.59 Å². The Morgan fingerprint density at radius 2 is 1.87 bits per heavy atom. The number of hydrogen-bond acceptors (Lipinski definition) is 6. The van der Waals surface area contributed by atoms with Crippen molar-refractivity contribution in [3.8, 4) is 10.6 Å². The van der Waals surface area contributed by atoms with Gasteiger partial charge < -0.3 is 15.4 Å². The van der Waals surface area contributed by atoms with Crippen LogP contribution in [0, 0.1) is 6.92 Å². The fourth-order valence-electron chi connectivity index (χ4n) is 3.45. The average Bonchev–Trinajstić information content (AvgIpc) is 3.21. The van der Waals surface area contributed by atoms with Crippen LogP contribution >= 0.6 is 11.3 Å². The number of thiazole rings is 1. The van der Waals surface area contributed by atoms with E-state index in [0.717, 1.165) is 60.1 Å². The van der Waals surface area contributed by atoms with E-state index in [1.807, 2.05) is 18.2 Å². The summed E-state index contributed by atoms with van der Waals surface area (Å²) in [5.74, 6) is -1.28. The van der Waals surface area contributed by atoms with Gasteiger partial charge in [0.25, 0.3) is 0 Å². The Balaban J connectivity index is 1.26. The van der Waals surface area contributed by atoms with E-state index in [-0.39, 0.29) is 0 Å². The van der Waals surface area contributed by atoms with Crippen molar-refractivity contribution in [2.45, 2.75) is 13.3 Å². The Labute approximate surface area is 185 Å². The number of hydrogen-bond donors (Lipinski definition) is 2. The Kier molecular flexibility index (Phi) is 6.91. The molecule has 1 saturated heterocycles. The largest absolute Gasteiger partial charge is 0.379 e. The first-order valence-electron chi connectivity index (χ1n) is 10.5. The molecule has 1 aliphatic rings. The number of ether oxygens (including phenoxy) is 1. The third-order valence-electron chi connectivity index (χ3n) is 5.18. The van der Waals surface area contributed by atoms with Gasteiger partial charge in [-0.15, -0.1) is 11.3 Å². The maximum Gasteiger partial charge on any atom is 0.313 e. The molecule has 8 heteroatoms. The van der Waals surface area contributed by atoms with Crippen LogP contribution in [0.4, 0.5) is 5.69 Å². The zero-order chi connectivity index (χ0) is 21.6. The van der Waals surface area contributed by atoms with Gasteiger partial charge in [-0.05, 0) is 61.9 Å². The van der Waals surface area contributed by atoms with Gasteiger partial charge in [0.15, 0.2) is 0 Å². The smallest absolute Gasteiger partial charge is 0.313 e. The van der Waals surface area contributed by atoms with Crippen molar-refractivity contribution in [1.82, 2.24) is 15.2 Å². The van der Waals surface area contributed by atoms with Gasteiger partial charge in [0.2, 0.25) is 0 Å². The van der Waals surface area contributed by atoms with Crippen molar-refractivity contribution in [3.63, 3.8) is 0 Å². The predicted molar refractivity (Wildman–Crippen MR) is 123 cm³/mol. The number of rotatable bonds is 6. The number of carbonyl (C=O) groups excluding carboxylic acids is 2. The number of carbonyl (C=O) groups is 2. The Morgan fingerprint density at radius 3 is 2.65 bits per heavy atom. The zero-order valence-electron chi connectivity index (χ0n) is 17.5. The quantitative estimate of drug-likeness (QED) is 0.457. The van der Waals surface area contributed by atoms with Crippen LogP contribution in [-0.4, -0.2) is 61.1 Å². The molecule has 7 nitrogen and oxygen atoms in total. The van der Waals surface area contributed by atoms with Gasteiger partial charge in [-0.1, -0.05) is 6.07 Å². The summed E-state index contributed by atoms with van der Waals surface area (Å²) >= 11 is 1.64. The first-order chi connectivity index (χ1) is 15.1. The summed E-state index contributed by atoms with van der Waals surface area (Å²) in [7, 11) is 0. The monoisotopic (exact) mass is 438 g/mol. The normalized spacial score (nSPS) is 14.5. The molecule has 2 N–H and O–H groups in total. The minimum atomic E-state index is -0.658. The Hall–Kier alpha value is -2.81. The summed E-state index contributed by atoms with van der Waals surface area (Å²) in [5, 5.41) is 6.26. The molecular formula is C23H26N4O3S. The molecule has 4 rings (SSSR count). The lowest BCUT2D eigenvalue weighted by Crippen LogP contribution is -2.39.